The molecule has 0 radical (unpaired) electrons. The Labute approximate surface area is 84.7 Å². The maximum Gasteiger partial charge on any atom is 0.263 e. The smallest absolute Gasteiger partial charge is 0.263 e. The third kappa shape index (κ3) is 1.67. The van der Waals surface area contributed by atoms with Crippen molar-refractivity contribution in [1.29, 1.82) is 0 Å². The molecule has 15 heavy (non-hydrogen) atoms. The number of nitrogens with one attached hydrogen (secondary N) is 1. The molecule has 0 bridgehead atoms. The van der Waals surface area contributed by atoms with Gasteiger partial charge in [0.2, 0.25) is 5.91 Å². The van der Waals surface area contributed by atoms with Gasteiger partial charge in [0.1, 0.15) is 5.92 Å². The van der Waals surface area contributed by atoms with Gasteiger partial charge in [0.25, 0.3) is 5.92 Å². The summed E-state index contributed by atoms with van der Waals surface area (Å²) in [5.41, 5.74) is 0. The first-order valence-corrected chi connectivity index (χ1v) is 4.48. The van der Waals surface area contributed by atoms with Gasteiger partial charge >= 0.3 is 0 Å². The molecule has 1 aromatic rings. The second-order valence-electron chi connectivity index (χ2n) is 3.52. The van der Waals surface area contributed by atoms with Gasteiger partial charge in [0.15, 0.2) is 5.82 Å². The van der Waals surface area contributed by atoms with Crippen molar-refractivity contribution >= 4 is 11.7 Å². The second-order valence-corrected chi connectivity index (χ2v) is 3.52. The molecule has 1 aliphatic carbocycles. The fourth-order valence-corrected chi connectivity index (χ4v) is 1.45. The number of anilines is 1. The van der Waals surface area contributed by atoms with Crippen LogP contribution in [0, 0.1) is 11.8 Å². The Kier molecular flexibility index (Phi) is 2.13. The summed E-state index contributed by atoms with van der Waals surface area (Å²) >= 11 is 0. The highest BCUT2D eigenvalue weighted by Gasteiger charge is 2.69. The lowest BCUT2D eigenvalue weighted by molar-refractivity contribution is -0.119. The molecule has 0 unspecified atom stereocenters. The largest absolute Gasteiger partial charge is 0.309 e. The van der Waals surface area contributed by atoms with Gasteiger partial charge < -0.3 is 5.32 Å². The molecule has 0 saturated heterocycles. The molecule has 2 rings (SSSR count). The van der Waals surface area contributed by atoms with Crippen molar-refractivity contribution < 1.29 is 13.6 Å². The average molecular weight is 213 g/mol. The maximum absolute atomic E-state index is 12.8. The van der Waals surface area contributed by atoms with Gasteiger partial charge in [0.05, 0.1) is 6.20 Å². The molecule has 1 heterocycles. The molecule has 1 fully saturated rings. The normalized spacial score (nSPS) is 27.1. The number of aromatic nitrogens is 2. The van der Waals surface area contributed by atoms with Crippen LogP contribution < -0.4 is 5.32 Å². The summed E-state index contributed by atoms with van der Waals surface area (Å²) in [6, 6.07) is 0. The molecule has 0 spiro atoms. The predicted molar refractivity (Wildman–Crippen MR) is 48.3 cm³/mol. The van der Waals surface area contributed by atoms with Crippen LogP contribution in [0.4, 0.5) is 14.6 Å². The SMILES string of the molecule is C[C@@H]1[C@@H](C(=O)Nc2cnccn2)C1(F)F. The number of alkyl halides is 2. The highest BCUT2D eigenvalue weighted by Crippen LogP contribution is 2.55. The number of halogens is 2. The molecule has 1 saturated carbocycles. The van der Waals surface area contributed by atoms with Gasteiger partial charge in [-0.25, -0.2) is 13.8 Å². The van der Waals surface area contributed by atoms with E-state index in [2.05, 4.69) is 15.3 Å². The zero-order valence-corrected chi connectivity index (χ0v) is 7.95. The van der Waals surface area contributed by atoms with Crippen molar-refractivity contribution in [3.05, 3.63) is 18.6 Å². The first-order chi connectivity index (χ1) is 7.03. The summed E-state index contributed by atoms with van der Waals surface area (Å²) in [6.07, 6.45) is 4.12. The summed E-state index contributed by atoms with van der Waals surface area (Å²) in [6.45, 7) is 1.35. The number of rotatable bonds is 2. The van der Waals surface area contributed by atoms with E-state index in [-0.39, 0.29) is 5.82 Å². The average Bonchev–Trinajstić information content (AvgIpc) is 2.67. The first kappa shape index (κ1) is 9.95. The molecule has 6 heteroatoms. The van der Waals surface area contributed by atoms with Crippen LogP contribution in [0.3, 0.4) is 0 Å². The van der Waals surface area contributed by atoms with Gasteiger partial charge in [-0.05, 0) is 0 Å². The number of carbonyl (C=O) groups excluding carboxylic acids is 1. The van der Waals surface area contributed by atoms with Gasteiger partial charge in [-0.1, -0.05) is 6.92 Å². The highest BCUT2D eigenvalue weighted by molar-refractivity contribution is 5.94. The summed E-state index contributed by atoms with van der Waals surface area (Å²) in [4.78, 5) is 18.8. The fraction of sp³-hybridized carbons (Fsp3) is 0.444. The maximum atomic E-state index is 12.8. The van der Waals surface area contributed by atoms with E-state index in [1.165, 1.54) is 25.5 Å². The van der Waals surface area contributed by atoms with Crippen molar-refractivity contribution in [2.24, 2.45) is 11.8 Å². The molecule has 4 nitrogen and oxygen atoms in total. The van der Waals surface area contributed by atoms with E-state index >= 15 is 0 Å². The van der Waals surface area contributed by atoms with Gasteiger partial charge in [-0.3, -0.25) is 9.78 Å². The lowest BCUT2D eigenvalue weighted by Crippen LogP contribution is -2.18. The minimum Gasteiger partial charge on any atom is -0.309 e. The van der Waals surface area contributed by atoms with E-state index in [0.717, 1.165) is 0 Å². The zero-order valence-electron chi connectivity index (χ0n) is 7.95. The molecular formula is C9H9F2N3O. The third-order valence-electron chi connectivity index (χ3n) is 2.51. The number of amides is 1. The molecule has 1 N–H and O–H groups in total. The molecule has 2 atom stereocenters. The van der Waals surface area contributed by atoms with E-state index in [4.69, 9.17) is 0 Å². The summed E-state index contributed by atoms with van der Waals surface area (Å²) in [5, 5.41) is 2.30. The Balaban J connectivity index is 2.01. The Bertz CT molecular complexity index is 382. The van der Waals surface area contributed by atoms with Crippen LogP contribution >= 0.6 is 0 Å². The number of hydrogen-bond acceptors (Lipinski definition) is 3. The minimum absolute atomic E-state index is 0.192. The van der Waals surface area contributed by atoms with E-state index in [1.807, 2.05) is 0 Å². The van der Waals surface area contributed by atoms with Crippen molar-refractivity contribution in [3.8, 4) is 0 Å². The fourth-order valence-electron chi connectivity index (χ4n) is 1.45. The van der Waals surface area contributed by atoms with E-state index in [9.17, 15) is 13.6 Å². The van der Waals surface area contributed by atoms with Crippen LogP contribution in [0.2, 0.25) is 0 Å². The molecule has 80 valence electrons. The monoisotopic (exact) mass is 213 g/mol. The minimum atomic E-state index is -2.88. The quantitative estimate of drug-likeness (QED) is 0.805. The van der Waals surface area contributed by atoms with Crippen molar-refractivity contribution in [2.75, 3.05) is 5.32 Å². The standard InChI is InChI=1S/C9H9F2N3O/c1-5-7(9(5,10)11)8(15)14-6-4-12-2-3-13-6/h2-5,7H,1H3,(H,13,14,15)/t5-,7+/m1/s1. The second kappa shape index (κ2) is 3.22. The molecule has 1 aliphatic rings. The van der Waals surface area contributed by atoms with E-state index in [0.29, 0.717) is 0 Å². The Hall–Kier alpha value is -1.59. The molecule has 0 aliphatic heterocycles. The third-order valence-corrected chi connectivity index (χ3v) is 2.51. The van der Waals surface area contributed by atoms with Crippen LogP contribution in [-0.4, -0.2) is 21.8 Å². The van der Waals surface area contributed by atoms with Crippen molar-refractivity contribution in [3.63, 3.8) is 0 Å². The van der Waals surface area contributed by atoms with Gasteiger partial charge in [0, 0.05) is 18.3 Å². The first-order valence-electron chi connectivity index (χ1n) is 4.48. The highest BCUT2D eigenvalue weighted by atomic mass is 19.3. The number of hydrogen-bond donors (Lipinski definition) is 1. The van der Waals surface area contributed by atoms with Crippen molar-refractivity contribution in [1.82, 2.24) is 9.97 Å². The van der Waals surface area contributed by atoms with Crippen molar-refractivity contribution in [2.45, 2.75) is 12.8 Å². The van der Waals surface area contributed by atoms with Gasteiger partial charge in [-0.15, -0.1) is 0 Å². The lowest BCUT2D eigenvalue weighted by Gasteiger charge is -2.01. The Morgan fingerprint density at radius 1 is 1.53 bits per heavy atom. The zero-order chi connectivity index (χ0) is 11.1. The number of carbonyl (C=O) groups is 1. The molecule has 1 aromatic heterocycles. The van der Waals surface area contributed by atoms with Crippen LogP contribution in [-0.2, 0) is 4.79 Å². The molecule has 0 aromatic carbocycles. The lowest BCUT2D eigenvalue weighted by atomic mass is 10.3. The van der Waals surface area contributed by atoms with Crippen LogP contribution in [0.25, 0.3) is 0 Å². The molecule has 1 amide bonds. The summed E-state index contributed by atoms with van der Waals surface area (Å²) < 4.78 is 25.7. The van der Waals surface area contributed by atoms with E-state index in [1.54, 1.807) is 0 Å². The van der Waals surface area contributed by atoms with Crippen LogP contribution in [0.15, 0.2) is 18.6 Å². The summed E-state index contributed by atoms with van der Waals surface area (Å²) in [7, 11) is 0. The summed E-state index contributed by atoms with van der Waals surface area (Å²) in [5.74, 6) is -5.52. The predicted octanol–water partition coefficient (Wildman–Crippen LogP) is 1.32. The Morgan fingerprint density at radius 3 is 2.67 bits per heavy atom. The Morgan fingerprint density at radius 2 is 2.20 bits per heavy atom. The molecular weight excluding hydrogens is 204 g/mol. The van der Waals surface area contributed by atoms with Gasteiger partial charge in [-0.2, -0.15) is 0 Å². The van der Waals surface area contributed by atoms with Crippen LogP contribution in [0.1, 0.15) is 6.92 Å². The van der Waals surface area contributed by atoms with E-state index < -0.39 is 23.7 Å². The topological polar surface area (TPSA) is 54.9 Å². The number of nitrogens with zero attached hydrogens (tertiary/aromatic N) is 2. The van der Waals surface area contributed by atoms with Crippen LogP contribution in [0.5, 0.6) is 0 Å².